The van der Waals surface area contributed by atoms with E-state index in [1.807, 2.05) is 0 Å². The van der Waals surface area contributed by atoms with Crippen LogP contribution in [0.25, 0.3) is 0 Å². The molecule has 0 aromatic heterocycles. The summed E-state index contributed by atoms with van der Waals surface area (Å²) in [7, 11) is 0. The lowest BCUT2D eigenvalue weighted by molar-refractivity contribution is -0.258. The molecule has 0 fully saturated rings. The van der Waals surface area contributed by atoms with Crippen molar-refractivity contribution in [2.45, 2.75) is 6.10 Å². The minimum atomic E-state index is -0.968. The second-order valence-electron chi connectivity index (χ2n) is 1.13. The molecule has 0 spiro atoms. The Morgan fingerprint density at radius 1 is 1.50 bits per heavy atom. The first-order valence-electron chi connectivity index (χ1n) is 1.86. The molecule has 3 N–H and O–H groups in total. The second kappa shape index (κ2) is 7.13. The van der Waals surface area contributed by atoms with Crippen molar-refractivity contribution in [3.8, 4) is 0 Å². The van der Waals surface area contributed by atoms with Gasteiger partial charge in [-0.05, 0) is 0 Å². The molecule has 0 radical (unpaired) electrons. The van der Waals surface area contributed by atoms with E-state index in [1.165, 1.54) is 0 Å². The van der Waals surface area contributed by atoms with Crippen LogP contribution in [0.1, 0.15) is 0 Å². The van der Waals surface area contributed by atoms with Crippen molar-refractivity contribution in [3.05, 3.63) is 0 Å². The molecule has 8 heavy (non-hydrogen) atoms. The Morgan fingerprint density at radius 3 is 2.12 bits per heavy atom. The standard InChI is InChI=1S/C3H8O4.ClH/c4-1-3(5)2-7-6;/h3-6H,1-2H2;1H. The fraction of sp³-hybridized carbons (Fsp3) is 1.00. The van der Waals surface area contributed by atoms with E-state index < -0.39 is 6.10 Å². The maximum Gasteiger partial charge on any atom is 0.110 e. The monoisotopic (exact) mass is 144 g/mol. The van der Waals surface area contributed by atoms with Gasteiger partial charge in [-0.25, -0.2) is 4.89 Å². The van der Waals surface area contributed by atoms with E-state index in [1.54, 1.807) is 0 Å². The third kappa shape index (κ3) is 6.13. The molecule has 0 saturated heterocycles. The predicted molar refractivity (Wildman–Crippen MR) is 28.9 cm³/mol. The Labute approximate surface area is 53.0 Å². The average molecular weight is 145 g/mol. The van der Waals surface area contributed by atoms with Crippen LogP contribution in [-0.2, 0) is 4.89 Å². The van der Waals surface area contributed by atoms with Gasteiger partial charge in [-0.3, -0.25) is 5.26 Å². The summed E-state index contributed by atoms with van der Waals surface area (Å²) in [6.07, 6.45) is -0.968. The fourth-order valence-electron chi connectivity index (χ4n) is 0.139. The van der Waals surface area contributed by atoms with Crippen LogP contribution in [0.5, 0.6) is 0 Å². The van der Waals surface area contributed by atoms with Crippen LogP contribution >= 0.6 is 12.4 Å². The summed E-state index contributed by atoms with van der Waals surface area (Å²) in [6, 6.07) is 0. The minimum absolute atomic E-state index is 0. The quantitative estimate of drug-likeness (QED) is 0.360. The first kappa shape index (κ1) is 11.0. The highest BCUT2D eigenvalue weighted by atomic mass is 35.5. The van der Waals surface area contributed by atoms with Gasteiger partial charge in [-0.2, -0.15) is 0 Å². The average Bonchev–Trinajstić information content (AvgIpc) is 1.68. The van der Waals surface area contributed by atoms with Gasteiger partial charge >= 0.3 is 0 Å². The molecule has 0 aromatic carbocycles. The lowest BCUT2D eigenvalue weighted by atomic mass is 10.4. The van der Waals surface area contributed by atoms with Gasteiger partial charge < -0.3 is 10.2 Å². The van der Waals surface area contributed by atoms with Gasteiger partial charge in [0.25, 0.3) is 0 Å². The molecule has 0 aliphatic carbocycles. The van der Waals surface area contributed by atoms with Gasteiger partial charge in [0.05, 0.1) is 6.61 Å². The molecule has 0 saturated carbocycles. The molecule has 1 unspecified atom stereocenters. The molecule has 0 aliphatic heterocycles. The highest BCUT2D eigenvalue weighted by molar-refractivity contribution is 5.85. The normalized spacial score (nSPS) is 12.4. The Bertz CT molecular complexity index is 42.3. The zero-order valence-electron chi connectivity index (χ0n) is 4.15. The topological polar surface area (TPSA) is 69.9 Å². The number of rotatable bonds is 3. The largest absolute Gasteiger partial charge is 0.394 e. The van der Waals surface area contributed by atoms with Crippen molar-refractivity contribution >= 4 is 12.4 Å². The highest BCUT2D eigenvalue weighted by Crippen LogP contribution is 1.77. The molecular formula is C3H9ClO4. The molecule has 1 atom stereocenters. The molecule has 0 bridgehead atoms. The molecule has 52 valence electrons. The van der Waals surface area contributed by atoms with E-state index in [0.29, 0.717) is 0 Å². The summed E-state index contributed by atoms with van der Waals surface area (Å²) in [4.78, 5) is 3.48. The Hall–Kier alpha value is 0.130. The predicted octanol–water partition coefficient (Wildman–Crippen LogP) is -0.749. The summed E-state index contributed by atoms with van der Waals surface area (Å²) in [6.45, 7) is -0.628. The van der Waals surface area contributed by atoms with E-state index in [0.717, 1.165) is 0 Å². The fourth-order valence-corrected chi connectivity index (χ4v) is 0.139. The first-order chi connectivity index (χ1) is 3.31. The summed E-state index contributed by atoms with van der Waals surface area (Å²) in [5.74, 6) is 0. The van der Waals surface area contributed by atoms with Crippen molar-refractivity contribution in [2.24, 2.45) is 0 Å². The van der Waals surface area contributed by atoms with Crippen LogP contribution in [0.3, 0.4) is 0 Å². The Balaban J connectivity index is 0. The maximum absolute atomic E-state index is 8.32. The minimum Gasteiger partial charge on any atom is -0.394 e. The Kier molecular flexibility index (Phi) is 9.80. The second-order valence-corrected chi connectivity index (χ2v) is 1.13. The van der Waals surface area contributed by atoms with Gasteiger partial charge in [-0.1, -0.05) is 0 Å². The van der Waals surface area contributed by atoms with E-state index in [9.17, 15) is 0 Å². The summed E-state index contributed by atoms with van der Waals surface area (Å²) < 4.78 is 0. The van der Waals surface area contributed by atoms with Gasteiger partial charge in [0.2, 0.25) is 0 Å². The SMILES string of the molecule is Cl.OCC(O)COO. The van der Waals surface area contributed by atoms with E-state index in [4.69, 9.17) is 15.5 Å². The van der Waals surface area contributed by atoms with Crippen LogP contribution in [0.15, 0.2) is 0 Å². The van der Waals surface area contributed by atoms with E-state index in [2.05, 4.69) is 4.89 Å². The molecule has 0 amide bonds. The molecule has 5 heteroatoms. The van der Waals surface area contributed by atoms with Crippen molar-refractivity contribution in [2.75, 3.05) is 13.2 Å². The van der Waals surface area contributed by atoms with Crippen LogP contribution in [0.2, 0.25) is 0 Å². The molecular weight excluding hydrogens is 135 g/mol. The smallest absolute Gasteiger partial charge is 0.110 e. The van der Waals surface area contributed by atoms with Crippen molar-refractivity contribution in [1.29, 1.82) is 0 Å². The van der Waals surface area contributed by atoms with Gasteiger partial charge in [0.15, 0.2) is 0 Å². The zero-order chi connectivity index (χ0) is 5.70. The highest BCUT2D eigenvalue weighted by Gasteiger charge is 1.98. The molecule has 0 heterocycles. The van der Waals surface area contributed by atoms with Crippen molar-refractivity contribution in [1.82, 2.24) is 0 Å². The summed E-state index contributed by atoms with van der Waals surface area (Å²) in [5, 5.41) is 23.9. The van der Waals surface area contributed by atoms with Gasteiger partial charge in [0.1, 0.15) is 12.7 Å². The number of hydrogen-bond donors (Lipinski definition) is 3. The number of aliphatic hydroxyl groups excluding tert-OH is 2. The summed E-state index contributed by atoms with van der Waals surface area (Å²) >= 11 is 0. The van der Waals surface area contributed by atoms with Crippen LogP contribution < -0.4 is 0 Å². The third-order valence-corrected chi connectivity index (χ3v) is 0.478. The van der Waals surface area contributed by atoms with Crippen molar-refractivity contribution in [3.63, 3.8) is 0 Å². The van der Waals surface area contributed by atoms with Crippen molar-refractivity contribution < 1.29 is 20.4 Å². The van der Waals surface area contributed by atoms with Gasteiger partial charge in [0, 0.05) is 0 Å². The lowest BCUT2D eigenvalue weighted by Gasteiger charge is -2.00. The maximum atomic E-state index is 8.32. The first-order valence-corrected chi connectivity index (χ1v) is 1.86. The zero-order valence-corrected chi connectivity index (χ0v) is 4.97. The summed E-state index contributed by atoms with van der Waals surface area (Å²) in [5.41, 5.74) is 0. The Morgan fingerprint density at radius 2 is 2.00 bits per heavy atom. The number of aliphatic hydroxyl groups is 2. The lowest BCUT2D eigenvalue weighted by Crippen LogP contribution is -2.17. The van der Waals surface area contributed by atoms with Crippen LogP contribution in [0, 0.1) is 0 Å². The molecule has 4 nitrogen and oxygen atoms in total. The van der Waals surface area contributed by atoms with E-state index >= 15 is 0 Å². The molecule has 0 aromatic rings. The number of hydrogen-bond acceptors (Lipinski definition) is 4. The van der Waals surface area contributed by atoms with Crippen LogP contribution in [0.4, 0.5) is 0 Å². The molecule has 0 rings (SSSR count). The van der Waals surface area contributed by atoms with E-state index in [-0.39, 0.29) is 25.6 Å². The number of halogens is 1. The third-order valence-electron chi connectivity index (χ3n) is 0.478. The van der Waals surface area contributed by atoms with Crippen LogP contribution in [-0.4, -0.2) is 34.8 Å². The molecule has 0 aliphatic rings. The van der Waals surface area contributed by atoms with Gasteiger partial charge in [-0.15, -0.1) is 12.4 Å².